The lowest BCUT2D eigenvalue weighted by Crippen LogP contribution is -2.52. The summed E-state index contributed by atoms with van der Waals surface area (Å²) in [5.74, 6) is -0.0854. The number of nitrogens with zero attached hydrogens (tertiary/aromatic N) is 1. The highest BCUT2D eigenvalue weighted by molar-refractivity contribution is 5.85. The normalized spacial score (nSPS) is 20.0. The molecule has 2 unspecified atom stereocenters. The Morgan fingerprint density at radius 3 is 2.84 bits per heavy atom. The SMILES string of the molecule is CC1NCCCC1NC(=O)CCn1c(=O)[nH]c(=O)c2ccccc21.Cl. The van der Waals surface area contributed by atoms with Crippen LogP contribution in [0, 0.1) is 0 Å². The van der Waals surface area contributed by atoms with Gasteiger partial charge in [-0.05, 0) is 38.4 Å². The Bertz CT molecular complexity index is 861. The van der Waals surface area contributed by atoms with E-state index >= 15 is 0 Å². The average Bonchev–Trinajstić information content (AvgIpc) is 2.57. The molecule has 3 N–H and O–H groups in total. The summed E-state index contributed by atoms with van der Waals surface area (Å²) in [4.78, 5) is 38.4. The number of nitrogens with one attached hydrogen (secondary N) is 3. The van der Waals surface area contributed by atoms with Crippen LogP contribution in [-0.2, 0) is 11.3 Å². The van der Waals surface area contributed by atoms with Crippen LogP contribution in [0.5, 0.6) is 0 Å². The summed E-state index contributed by atoms with van der Waals surface area (Å²) < 4.78 is 1.44. The quantitative estimate of drug-likeness (QED) is 0.744. The molecule has 7 nitrogen and oxygen atoms in total. The van der Waals surface area contributed by atoms with Gasteiger partial charge in [-0.2, -0.15) is 0 Å². The summed E-state index contributed by atoms with van der Waals surface area (Å²) in [6.07, 6.45) is 2.19. The minimum Gasteiger partial charge on any atom is -0.352 e. The van der Waals surface area contributed by atoms with E-state index in [1.807, 2.05) is 0 Å². The number of piperidine rings is 1. The molecule has 0 radical (unpaired) electrons. The second kappa shape index (κ2) is 8.31. The lowest BCUT2D eigenvalue weighted by molar-refractivity contribution is -0.122. The minimum atomic E-state index is -0.487. The van der Waals surface area contributed by atoms with E-state index in [1.165, 1.54) is 4.57 Å². The zero-order valence-corrected chi connectivity index (χ0v) is 14.9. The fraction of sp³-hybridized carbons (Fsp3) is 0.471. The van der Waals surface area contributed by atoms with Crippen molar-refractivity contribution in [2.45, 2.75) is 44.8 Å². The molecule has 1 aromatic heterocycles. The molecule has 0 bridgehead atoms. The zero-order valence-electron chi connectivity index (χ0n) is 14.1. The molecule has 1 aliphatic rings. The number of amides is 1. The van der Waals surface area contributed by atoms with Crippen LogP contribution in [0.25, 0.3) is 10.9 Å². The fourth-order valence-electron chi connectivity index (χ4n) is 3.20. The highest BCUT2D eigenvalue weighted by Crippen LogP contribution is 2.09. The monoisotopic (exact) mass is 366 g/mol. The number of benzene rings is 1. The summed E-state index contributed by atoms with van der Waals surface area (Å²) in [6, 6.07) is 7.27. The Balaban J connectivity index is 0.00000225. The smallest absolute Gasteiger partial charge is 0.328 e. The van der Waals surface area contributed by atoms with Crippen molar-refractivity contribution >= 4 is 29.2 Å². The molecular formula is C17H23ClN4O3. The van der Waals surface area contributed by atoms with E-state index in [0.717, 1.165) is 19.4 Å². The predicted octanol–water partition coefficient (Wildman–Crippen LogP) is 0.758. The summed E-state index contributed by atoms with van der Waals surface area (Å²) in [5.41, 5.74) is -0.343. The van der Waals surface area contributed by atoms with Crippen molar-refractivity contribution in [1.82, 2.24) is 20.2 Å². The average molecular weight is 367 g/mol. The Labute approximate surface area is 151 Å². The molecule has 3 rings (SSSR count). The first-order chi connectivity index (χ1) is 11.6. The number of hydrogen-bond acceptors (Lipinski definition) is 4. The minimum absolute atomic E-state index is 0. The molecular weight excluding hydrogens is 344 g/mol. The summed E-state index contributed by atoms with van der Waals surface area (Å²) in [6.45, 7) is 3.27. The number of para-hydroxylation sites is 1. The van der Waals surface area contributed by atoms with Crippen LogP contribution in [0.2, 0.25) is 0 Å². The van der Waals surface area contributed by atoms with Crippen LogP contribution in [0.1, 0.15) is 26.2 Å². The lowest BCUT2D eigenvalue weighted by atomic mass is 10.00. The number of carbonyl (C=O) groups is 1. The van der Waals surface area contributed by atoms with Crippen LogP contribution in [-0.4, -0.2) is 34.1 Å². The number of carbonyl (C=O) groups excluding carboxylic acids is 1. The fourth-order valence-corrected chi connectivity index (χ4v) is 3.20. The van der Waals surface area contributed by atoms with Gasteiger partial charge < -0.3 is 10.6 Å². The number of hydrogen-bond donors (Lipinski definition) is 3. The van der Waals surface area contributed by atoms with Crippen molar-refractivity contribution in [2.75, 3.05) is 6.54 Å². The maximum Gasteiger partial charge on any atom is 0.328 e. The second-order valence-electron chi connectivity index (χ2n) is 6.24. The molecule has 0 saturated carbocycles. The summed E-state index contributed by atoms with van der Waals surface area (Å²) >= 11 is 0. The first kappa shape index (κ1) is 19.2. The molecule has 1 aromatic carbocycles. The van der Waals surface area contributed by atoms with E-state index in [4.69, 9.17) is 0 Å². The Hall–Kier alpha value is -2.12. The highest BCUT2D eigenvalue weighted by atomic mass is 35.5. The van der Waals surface area contributed by atoms with Gasteiger partial charge in [-0.15, -0.1) is 12.4 Å². The van der Waals surface area contributed by atoms with Gasteiger partial charge in [-0.3, -0.25) is 19.1 Å². The molecule has 0 spiro atoms. The Kier molecular flexibility index (Phi) is 6.39. The number of aromatic amines is 1. The number of aryl methyl sites for hydroxylation is 1. The van der Waals surface area contributed by atoms with Gasteiger partial charge >= 0.3 is 5.69 Å². The third kappa shape index (κ3) is 4.29. The predicted molar refractivity (Wildman–Crippen MR) is 99.3 cm³/mol. The van der Waals surface area contributed by atoms with E-state index in [0.29, 0.717) is 10.9 Å². The van der Waals surface area contributed by atoms with E-state index < -0.39 is 11.2 Å². The van der Waals surface area contributed by atoms with Crippen molar-refractivity contribution in [3.8, 4) is 0 Å². The number of halogens is 1. The Morgan fingerprint density at radius 2 is 2.08 bits per heavy atom. The van der Waals surface area contributed by atoms with E-state index in [9.17, 15) is 14.4 Å². The number of H-pyrrole nitrogens is 1. The highest BCUT2D eigenvalue weighted by Gasteiger charge is 2.22. The van der Waals surface area contributed by atoms with E-state index in [-0.39, 0.29) is 43.4 Å². The molecule has 1 saturated heterocycles. The molecule has 1 aliphatic heterocycles. The van der Waals surface area contributed by atoms with Crippen LogP contribution in [0.3, 0.4) is 0 Å². The first-order valence-corrected chi connectivity index (χ1v) is 8.31. The standard InChI is InChI=1S/C17H22N4O3.ClH/c1-11-13(6-4-9-18-11)19-15(22)8-10-21-14-7-3-2-5-12(14)16(23)20-17(21)24;/h2-3,5,7,11,13,18H,4,6,8-10H2,1H3,(H,19,22)(H,20,23,24);1H. The van der Waals surface area contributed by atoms with Crippen LogP contribution in [0.15, 0.2) is 33.9 Å². The van der Waals surface area contributed by atoms with Crippen molar-refractivity contribution in [3.05, 3.63) is 45.1 Å². The Morgan fingerprint density at radius 1 is 1.32 bits per heavy atom. The third-order valence-corrected chi connectivity index (χ3v) is 4.58. The van der Waals surface area contributed by atoms with Crippen molar-refractivity contribution < 1.29 is 4.79 Å². The molecule has 1 fully saturated rings. The van der Waals surface area contributed by atoms with Crippen molar-refractivity contribution in [1.29, 1.82) is 0 Å². The van der Waals surface area contributed by atoms with E-state index in [2.05, 4.69) is 22.5 Å². The van der Waals surface area contributed by atoms with Crippen molar-refractivity contribution in [3.63, 3.8) is 0 Å². The molecule has 1 amide bonds. The summed E-state index contributed by atoms with van der Waals surface area (Å²) in [5, 5.41) is 6.82. The molecule has 0 aliphatic carbocycles. The van der Waals surface area contributed by atoms with Gasteiger partial charge in [-0.25, -0.2) is 4.79 Å². The van der Waals surface area contributed by atoms with Gasteiger partial charge in [0.25, 0.3) is 5.56 Å². The number of aromatic nitrogens is 2. The molecule has 8 heteroatoms. The van der Waals surface area contributed by atoms with Crippen LogP contribution < -0.4 is 21.9 Å². The second-order valence-corrected chi connectivity index (χ2v) is 6.24. The maximum atomic E-state index is 12.2. The summed E-state index contributed by atoms with van der Waals surface area (Å²) in [7, 11) is 0. The van der Waals surface area contributed by atoms with Gasteiger partial charge in [0, 0.05) is 25.0 Å². The molecule has 25 heavy (non-hydrogen) atoms. The van der Waals surface area contributed by atoms with Gasteiger partial charge in [0.15, 0.2) is 0 Å². The number of rotatable bonds is 4. The molecule has 2 atom stereocenters. The van der Waals surface area contributed by atoms with E-state index in [1.54, 1.807) is 24.3 Å². The number of fused-ring (bicyclic) bond motifs is 1. The van der Waals surface area contributed by atoms with Crippen molar-refractivity contribution in [2.24, 2.45) is 0 Å². The van der Waals surface area contributed by atoms with Gasteiger partial charge in [0.05, 0.1) is 10.9 Å². The molecule has 136 valence electrons. The maximum absolute atomic E-state index is 12.2. The molecule has 2 aromatic rings. The largest absolute Gasteiger partial charge is 0.352 e. The van der Waals surface area contributed by atoms with Gasteiger partial charge in [0.2, 0.25) is 5.91 Å². The topological polar surface area (TPSA) is 96.0 Å². The zero-order chi connectivity index (χ0) is 17.1. The van der Waals surface area contributed by atoms with Crippen LogP contribution in [0.4, 0.5) is 0 Å². The van der Waals surface area contributed by atoms with Gasteiger partial charge in [0.1, 0.15) is 0 Å². The lowest BCUT2D eigenvalue weighted by Gasteiger charge is -2.30. The van der Waals surface area contributed by atoms with Gasteiger partial charge in [-0.1, -0.05) is 12.1 Å². The molecule has 2 heterocycles. The first-order valence-electron chi connectivity index (χ1n) is 8.31. The third-order valence-electron chi connectivity index (χ3n) is 4.58. The van der Waals surface area contributed by atoms with Crippen LogP contribution >= 0.6 is 12.4 Å².